The first kappa shape index (κ1) is 14.2. The number of hydrogen-bond donors (Lipinski definition) is 0. The van der Waals surface area contributed by atoms with Crippen molar-refractivity contribution in [2.45, 2.75) is 53.9 Å². The monoisotopic (exact) mass is 249 g/mol. The summed E-state index contributed by atoms with van der Waals surface area (Å²) in [5.41, 5.74) is 3.81. The molecule has 1 aromatic carbocycles. The van der Waals surface area contributed by atoms with E-state index in [0.29, 0.717) is 5.92 Å². The second-order valence-electron chi connectivity index (χ2n) is 4.84. The summed E-state index contributed by atoms with van der Waals surface area (Å²) in [5, 5.41) is 1.24. The molecule has 0 fully saturated rings. The molecule has 0 spiro atoms. The van der Waals surface area contributed by atoms with Gasteiger partial charge in [0, 0.05) is 5.92 Å². The van der Waals surface area contributed by atoms with Crippen molar-refractivity contribution in [3.63, 3.8) is 0 Å². The van der Waals surface area contributed by atoms with E-state index in [-0.39, 0.29) is 0 Å². The minimum Gasteiger partial charge on any atom is -0.241 e. The van der Waals surface area contributed by atoms with Gasteiger partial charge in [-0.15, -0.1) is 11.3 Å². The van der Waals surface area contributed by atoms with Crippen molar-refractivity contribution in [3.8, 4) is 0 Å². The lowest BCUT2D eigenvalue weighted by atomic mass is 10.1. The van der Waals surface area contributed by atoms with Crippen LogP contribution in [-0.2, 0) is 0 Å². The highest BCUT2D eigenvalue weighted by Crippen LogP contribution is 2.29. The highest BCUT2D eigenvalue weighted by molar-refractivity contribution is 7.18. The zero-order valence-corrected chi connectivity index (χ0v) is 12.6. The molecule has 0 aliphatic heterocycles. The van der Waals surface area contributed by atoms with Gasteiger partial charge < -0.3 is 0 Å². The fraction of sp³-hybridized carbons (Fsp3) is 0.533. The van der Waals surface area contributed by atoms with Gasteiger partial charge in [-0.05, 0) is 31.0 Å². The average molecular weight is 249 g/mol. The van der Waals surface area contributed by atoms with Crippen molar-refractivity contribution < 1.29 is 0 Å². The van der Waals surface area contributed by atoms with Gasteiger partial charge in [-0.3, -0.25) is 0 Å². The fourth-order valence-electron chi connectivity index (χ4n) is 1.63. The molecule has 0 atom stereocenters. The molecular weight excluding hydrogens is 226 g/mol. The summed E-state index contributed by atoms with van der Waals surface area (Å²) in [6.07, 6.45) is 1.25. The molecule has 17 heavy (non-hydrogen) atoms. The van der Waals surface area contributed by atoms with Crippen LogP contribution in [-0.4, -0.2) is 4.98 Å². The van der Waals surface area contributed by atoms with E-state index in [4.69, 9.17) is 0 Å². The molecule has 2 heteroatoms. The molecule has 2 aromatic rings. The van der Waals surface area contributed by atoms with E-state index in [2.05, 4.69) is 58.7 Å². The molecule has 1 heterocycles. The number of benzene rings is 1. The summed E-state index contributed by atoms with van der Waals surface area (Å²) in [7, 11) is 0. The van der Waals surface area contributed by atoms with Crippen LogP contribution in [0, 0.1) is 13.8 Å². The Kier molecular flexibility index (Phi) is 5.13. The first-order valence-corrected chi connectivity index (χ1v) is 7.18. The van der Waals surface area contributed by atoms with E-state index < -0.39 is 0 Å². The highest BCUT2D eigenvalue weighted by Gasteiger charge is 2.09. The van der Waals surface area contributed by atoms with E-state index in [1.807, 2.05) is 11.3 Å². The van der Waals surface area contributed by atoms with Gasteiger partial charge in [-0.25, -0.2) is 4.98 Å². The van der Waals surface area contributed by atoms with E-state index in [9.17, 15) is 0 Å². The maximum atomic E-state index is 4.67. The third-order valence-corrected chi connectivity index (χ3v) is 3.64. The number of thiazole rings is 1. The molecule has 94 valence electrons. The molecule has 1 nitrogen and oxygen atoms in total. The molecule has 2 rings (SSSR count). The van der Waals surface area contributed by atoms with Crippen LogP contribution in [0.4, 0.5) is 0 Å². The predicted molar refractivity (Wildman–Crippen MR) is 79.1 cm³/mol. The average Bonchev–Trinajstić information content (AvgIpc) is 2.62. The van der Waals surface area contributed by atoms with Crippen LogP contribution in [0.25, 0.3) is 10.2 Å². The zero-order chi connectivity index (χ0) is 13.0. The van der Waals surface area contributed by atoms with E-state index in [0.717, 1.165) is 0 Å². The summed E-state index contributed by atoms with van der Waals surface area (Å²) < 4.78 is 1.33. The Bertz CT molecular complexity index is 483. The number of aryl methyl sites for hydroxylation is 2. The first-order chi connectivity index (χ1) is 7.99. The van der Waals surface area contributed by atoms with Gasteiger partial charge in [0.15, 0.2) is 0 Å². The van der Waals surface area contributed by atoms with Crippen molar-refractivity contribution in [2.75, 3.05) is 0 Å². The molecular formula is C15H23NS. The van der Waals surface area contributed by atoms with Gasteiger partial charge in [0.05, 0.1) is 15.2 Å². The van der Waals surface area contributed by atoms with E-state index >= 15 is 0 Å². The first-order valence-electron chi connectivity index (χ1n) is 6.37. The minimum atomic E-state index is 0.534. The van der Waals surface area contributed by atoms with Crippen LogP contribution < -0.4 is 0 Å². The maximum Gasteiger partial charge on any atom is 0.0964 e. The van der Waals surface area contributed by atoms with Crippen LogP contribution in [0.3, 0.4) is 0 Å². The molecule has 0 N–H and O–H groups in total. The number of hydrogen-bond acceptors (Lipinski definition) is 2. The van der Waals surface area contributed by atoms with Crippen LogP contribution in [0.15, 0.2) is 12.1 Å². The van der Waals surface area contributed by atoms with Gasteiger partial charge >= 0.3 is 0 Å². The number of nitrogens with zero attached hydrogens (tertiary/aromatic N) is 1. The second-order valence-corrected chi connectivity index (χ2v) is 5.90. The number of rotatable bonds is 1. The summed E-state index contributed by atoms with van der Waals surface area (Å²) in [5.74, 6) is 0.534. The van der Waals surface area contributed by atoms with Crippen molar-refractivity contribution in [2.24, 2.45) is 0 Å². The lowest BCUT2D eigenvalue weighted by molar-refractivity contribution is 0.856. The van der Waals surface area contributed by atoms with Crippen LogP contribution in [0.1, 0.15) is 56.2 Å². The van der Waals surface area contributed by atoms with Crippen molar-refractivity contribution in [1.29, 1.82) is 0 Å². The normalized spacial score (nSPS) is 10.5. The third kappa shape index (κ3) is 3.53. The largest absolute Gasteiger partial charge is 0.241 e. The summed E-state index contributed by atoms with van der Waals surface area (Å²) in [6.45, 7) is 12.9. The molecule has 0 bridgehead atoms. The fourth-order valence-corrected chi connectivity index (χ4v) is 2.78. The van der Waals surface area contributed by atoms with Gasteiger partial charge in [-0.1, -0.05) is 40.2 Å². The van der Waals surface area contributed by atoms with Crippen LogP contribution in [0.2, 0.25) is 0 Å². The van der Waals surface area contributed by atoms with Crippen molar-refractivity contribution in [1.82, 2.24) is 4.98 Å². The van der Waals surface area contributed by atoms with Crippen LogP contribution >= 0.6 is 11.3 Å². The molecule has 0 saturated carbocycles. The topological polar surface area (TPSA) is 12.9 Å². The lowest BCUT2D eigenvalue weighted by Gasteiger charge is -1.96. The Balaban J connectivity index is 0.000000437. The summed E-state index contributed by atoms with van der Waals surface area (Å²) in [4.78, 5) is 4.67. The smallest absolute Gasteiger partial charge is 0.0964 e. The third-order valence-electron chi connectivity index (χ3n) is 2.34. The van der Waals surface area contributed by atoms with E-state index in [1.54, 1.807) is 0 Å². The number of aromatic nitrogens is 1. The number of fused-ring (bicyclic) bond motifs is 1. The minimum absolute atomic E-state index is 0.534. The molecule has 0 radical (unpaired) electrons. The van der Waals surface area contributed by atoms with E-state index in [1.165, 1.54) is 32.8 Å². The summed E-state index contributed by atoms with van der Waals surface area (Å²) >= 11 is 1.82. The highest BCUT2D eigenvalue weighted by atomic mass is 32.1. The quantitative estimate of drug-likeness (QED) is 0.654. The summed E-state index contributed by atoms with van der Waals surface area (Å²) in [6, 6.07) is 4.43. The molecule has 0 saturated heterocycles. The zero-order valence-electron chi connectivity index (χ0n) is 11.8. The molecule has 0 aliphatic rings. The Hall–Kier alpha value is -0.890. The van der Waals surface area contributed by atoms with Crippen LogP contribution in [0.5, 0.6) is 0 Å². The van der Waals surface area contributed by atoms with Gasteiger partial charge in [0.25, 0.3) is 0 Å². The Morgan fingerprint density at radius 3 is 2.29 bits per heavy atom. The Morgan fingerprint density at radius 1 is 1.18 bits per heavy atom. The van der Waals surface area contributed by atoms with Crippen molar-refractivity contribution >= 4 is 21.6 Å². The van der Waals surface area contributed by atoms with Gasteiger partial charge in [0.1, 0.15) is 0 Å². The van der Waals surface area contributed by atoms with Gasteiger partial charge in [0.2, 0.25) is 0 Å². The molecule has 0 amide bonds. The Morgan fingerprint density at radius 2 is 1.76 bits per heavy atom. The lowest BCUT2D eigenvalue weighted by Crippen LogP contribution is -1.84. The predicted octanol–water partition coefficient (Wildman–Crippen LogP) is 5.45. The Labute approximate surface area is 109 Å². The van der Waals surface area contributed by atoms with Gasteiger partial charge in [-0.2, -0.15) is 0 Å². The molecule has 1 aromatic heterocycles. The standard InChI is InChI=1S/C12H15NS.C3H8/c1-7(2)12-13-11-9(4)5-8(3)6-10(11)14-12;1-3-2/h5-7H,1-4H3;3H2,1-2H3. The van der Waals surface area contributed by atoms with Crippen molar-refractivity contribution in [3.05, 3.63) is 28.3 Å². The molecule has 0 unspecified atom stereocenters. The maximum absolute atomic E-state index is 4.67. The molecule has 0 aliphatic carbocycles. The SMILES string of the molecule is CCC.Cc1cc(C)c2nc(C(C)C)sc2c1. The second kappa shape index (κ2) is 6.15.